The third-order valence-corrected chi connectivity index (χ3v) is 3.84. The molecule has 0 aromatic carbocycles. The Labute approximate surface area is 166 Å². The van der Waals surface area contributed by atoms with Crippen LogP contribution in [0.4, 0.5) is 24.7 Å². The molecule has 1 amide bonds. The lowest BCUT2D eigenvalue weighted by Crippen LogP contribution is -2.48. The van der Waals surface area contributed by atoms with Crippen LogP contribution in [0.25, 0.3) is 0 Å². The maximum absolute atomic E-state index is 11.8. The molecule has 2 heterocycles. The second-order valence-corrected chi connectivity index (χ2v) is 6.08. The van der Waals surface area contributed by atoms with E-state index in [1.54, 1.807) is 13.3 Å². The number of carbonyl (C=O) groups excluding carboxylic acids is 1. The summed E-state index contributed by atoms with van der Waals surface area (Å²) in [7, 11) is 3.64. The molecule has 1 aliphatic heterocycles. The van der Waals surface area contributed by atoms with E-state index in [4.69, 9.17) is 19.4 Å². The van der Waals surface area contributed by atoms with Gasteiger partial charge in [-0.05, 0) is 12.1 Å². The maximum Gasteiger partial charge on any atom is 0.490 e. The Morgan fingerprint density at radius 2 is 1.97 bits per heavy atom. The van der Waals surface area contributed by atoms with Crippen molar-refractivity contribution in [1.82, 2.24) is 10.3 Å². The molecule has 164 valence electrons. The second-order valence-electron chi connectivity index (χ2n) is 6.08. The fourth-order valence-electron chi connectivity index (χ4n) is 1.96. The Balaban J connectivity index is 0.000000516. The minimum Gasteiger partial charge on any atom is -0.475 e. The smallest absolute Gasteiger partial charge is 0.475 e. The van der Waals surface area contributed by atoms with Gasteiger partial charge in [0.1, 0.15) is 5.82 Å². The highest BCUT2D eigenvalue weighted by atomic mass is 19.4. The minimum absolute atomic E-state index is 0.0268. The van der Waals surface area contributed by atoms with Gasteiger partial charge in [0.15, 0.2) is 0 Å². The Morgan fingerprint density at radius 3 is 2.41 bits per heavy atom. The third-order valence-electron chi connectivity index (χ3n) is 3.84. The number of likely N-dealkylation sites (N-methyl/N-ethyl adjacent to an activating group) is 1. The molecule has 1 aliphatic rings. The molecule has 3 N–H and O–H groups in total. The SMILES string of the molecule is COCCOCCN(C)c1ccc(NC(=O)C2CNC2)nc1.O=C(O)C(F)(F)F. The molecule has 0 aliphatic carbocycles. The largest absolute Gasteiger partial charge is 0.490 e. The monoisotopic (exact) mass is 422 g/mol. The van der Waals surface area contributed by atoms with Gasteiger partial charge in [0, 0.05) is 33.8 Å². The number of alkyl halides is 3. The summed E-state index contributed by atoms with van der Waals surface area (Å²) in [6, 6.07) is 3.76. The van der Waals surface area contributed by atoms with E-state index >= 15 is 0 Å². The Morgan fingerprint density at radius 1 is 1.31 bits per heavy atom. The summed E-state index contributed by atoms with van der Waals surface area (Å²) in [6.07, 6.45) is -3.33. The van der Waals surface area contributed by atoms with Crippen molar-refractivity contribution in [3.8, 4) is 0 Å². The number of carbonyl (C=O) groups is 2. The van der Waals surface area contributed by atoms with Gasteiger partial charge < -0.3 is 30.1 Å². The fourth-order valence-corrected chi connectivity index (χ4v) is 1.96. The molecule has 1 aromatic heterocycles. The number of ether oxygens (including phenoxy) is 2. The van der Waals surface area contributed by atoms with E-state index in [-0.39, 0.29) is 11.8 Å². The second kappa shape index (κ2) is 12.2. The number of halogens is 3. The van der Waals surface area contributed by atoms with Gasteiger partial charge in [-0.3, -0.25) is 4.79 Å². The zero-order valence-corrected chi connectivity index (χ0v) is 16.2. The van der Waals surface area contributed by atoms with Crippen molar-refractivity contribution in [2.45, 2.75) is 6.18 Å². The Bertz CT molecular complexity index is 639. The van der Waals surface area contributed by atoms with Gasteiger partial charge in [0.05, 0.1) is 37.6 Å². The number of hydrogen-bond acceptors (Lipinski definition) is 7. The summed E-state index contributed by atoms with van der Waals surface area (Å²) < 4.78 is 42.1. The van der Waals surface area contributed by atoms with E-state index in [0.29, 0.717) is 25.6 Å². The van der Waals surface area contributed by atoms with Gasteiger partial charge in [-0.25, -0.2) is 9.78 Å². The van der Waals surface area contributed by atoms with Crippen LogP contribution in [-0.2, 0) is 19.1 Å². The number of aromatic nitrogens is 1. The molecule has 29 heavy (non-hydrogen) atoms. The van der Waals surface area contributed by atoms with Gasteiger partial charge in [-0.2, -0.15) is 13.2 Å². The van der Waals surface area contributed by atoms with Crippen LogP contribution in [0.15, 0.2) is 18.3 Å². The number of carboxylic acids is 1. The summed E-state index contributed by atoms with van der Waals surface area (Å²) in [5, 5.41) is 13.0. The van der Waals surface area contributed by atoms with Gasteiger partial charge in [-0.1, -0.05) is 0 Å². The molecule has 0 bridgehead atoms. The van der Waals surface area contributed by atoms with E-state index in [1.165, 1.54) is 0 Å². The molecule has 0 atom stereocenters. The number of pyridine rings is 1. The molecule has 0 spiro atoms. The Kier molecular flexibility index (Phi) is 10.3. The van der Waals surface area contributed by atoms with Gasteiger partial charge in [0.25, 0.3) is 0 Å². The summed E-state index contributed by atoms with van der Waals surface area (Å²) in [5.74, 6) is -2.08. The molecule has 1 saturated heterocycles. The molecule has 1 fully saturated rings. The summed E-state index contributed by atoms with van der Waals surface area (Å²) in [4.78, 5) is 27.0. The van der Waals surface area contributed by atoms with Crippen molar-refractivity contribution in [1.29, 1.82) is 0 Å². The first-order chi connectivity index (χ1) is 13.6. The minimum atomic E-state index is -5.08. The van der Waals surface area contributed by atoms with Crippen molar-refractivity contribution in [2.24, 2.45) is 5.92 Å². The quantitative estimate of drug-likeness (QED) is 0.505. The summed E-state index contributed by atoms with van der Waals surface area (Å²) in [5.41, 5.74) is 0.985. The van der Waals surface area contributed by atoms with E-state index in [9.17, 15) is 18.0 Å². The lowest BCUT2D eigenvalue weighted by Gasteiger charge is -2.25. The predicted molar refractivity (Wildman–Crippen MR) is 98.9 cm³/mol. The van der Waals surface area contributed by atoms with Crippen molar-refractivity contribution >= 4 is 23.4 Å². The fraction of sp³-hybridized carbons (Fsp3) is 0.588. The van der Waals surface area contributed by atoms with Gasteiger partial charge in [0.2, 0.25) is 5.91 Å². The van der Waals surface area contributed by atoms with Crippen molar-refractivity contribution in [3.63, 3.8) is 0 Å². The zero-order chi connectivity index (χ0) is 21.9. The first-order valence-corrected chi connectivity index (χ1v) is 8.70. The number of amides is 1. The van der Waals surface area contributed by atoms with E-state index in [0.717, 1.165) is 25.3 Å². The van der Waals surface area contributed by atoms with E-state index in [1.807, 2.05) is 19.2 Å². The van der Waals surface area contributed by atoms with Crippen LogP contribution in [0.2, 0.25) is 0 Å². The summed E-state index contributed by atoms with van der Waals surface area (Å²) >= 11 is 0. The molecule has 0 radical (unpaired) electrons. The van der Waals surface area contributed by atoms with Gasteiger partial charge >= 0.3 is 12.1 Å². The van der Waals surface area contributed by atoms with Crippen LogP contribution in [-0.4, -0.2) is 81.8 Å². The normalized spacial score (nSPS) is 13.7. The van der Waals surface area contributed by atoms with Gasteiger partial charge in [-0.15, -0.1) is 0 Å². The molecule has 12 heteroatoms. The van der Waals surface area contributed by atoms with Crippen LogP contribution in [0.5, 0.6) is 0 Å². The first-order valence-electron chi connectivity index (χ1n) is 8.70. The lowest BCUT2D eigenvalue weighted by atomic mass is 10.0. The number of aliphatic carboxylic acids is 1. The number of anilines is 2. The van der Waals surface area contributed by atoms with Crippen molar-refractivity contribution in [2.75, 3.05) is 63.8 Å². The Hall–Kier alpha value is -2.44. The molecule has 1 aromatic rings. The molecule has 9 nitrogen and oxygen atoms in total. The molecule has 0 saturated carbocycles. The standard InChI is InChI=1S/C15H24N4O3.C2HF3O2/c1-19(5-6-22-8-7-21-2)13-3-4-14(17-11-13)18-15(20)12-9-16-10-12;3-2(4,5)1(6)7/h3-4,11-12,16H,5-10H2,1-2H3,(H,17,18,20);(H,6,7). The number of nitrogens with one attached hydrogen (secondary N) is 2. The van der Waals surface area contributed by atoms with Crippen LogP contribution in [0.1, 0.15) is 0 Å². The van der Waals surface area contributed by atoms with Crippen LogP contribution in [0, 0.1) is 5.92 Å². The maximum atomic E-state index is 11.8. The van der Waals surface area contributed by atoms with Crippen LogP contribution >= 0.6 is 0 Å². The highest BCUT2D eigenvalue weighted by molar-refractivity contribution is 5.92. The predicted octanol–water partition coefficient (Wildman–Crippen LogP) is 0.972. The highest BCUT2D eigenvalue weighted by Gasteiger charge is 2.38. The molecule has 2 rings (SSSR count). The molecule has 0 unspecified atom stereocenters. The number of carboxylic acid groups (broad SMARTS) is 1. The molecular formula is C17H25F3N4O5. The first kappa shape index (κ1) is 24.6. The topological polar surface area (TPSA) is 113 Å². The average Bonchev–Trinajstić information content (AvgIpc) is 2.60. The van der Waals surface area contributed by atoms with Crippen LogP contribution in [0.3, 0.4) is 0 Å². The van der Waals surface area contributed by atoms with Crippen molar-refractivity contribution < 1.29 is 37.3 Å². The number of hydrogen-bond donors (Lipinski definition) is 3. The van der Waals surface area contributed by atoms with E-state index in [2.05, 4.69) is 20.5 Å². The zero-order valence-electron chi connectivity index (χ0n) is 16.2. The number of methoxy groups -OCH3 is 1. The number of rotatable bonds is 9. The van der Waals surface area contributed by atoms with Crippen molar-refractivity contribution in [3.05, 3.63) is 18.3 Å². The summed E-state index contributed by atoms with van der Waals surface area (Å²) in [6.45, 7) is 4.10. The highest BCUT2D eigenvalue weighted by Crippen LogP contribution is 2.15. The number of nitrogens with zero attached hydrogens (tertiary/aromatic N) is 2. The molecular weight excluding hydrogens is 397 g/mol. The van der Waals surface area contributed by atoms with E-state index < -0.39 is 12.1 Å². The third kappa shape index (κ3) is 9.54. The average molecular weight is 422 g/mol. The lowest BCUT2D eigenvalue weighted by molar-refractivity contribution is -0.192. The van der Waals surface area contributed by atoms with Crippen LogP contribution < -0.4 is 15.5 Å².